The van der Waals surface area contributed by atoms with Gasteiger partial charge in [-0.05, 0) is 49.4 Å². The van der Waals surface area contributed by atoms with Crippen molar-refractivity contribution in [3.05, 3.63) is 35.4 Å². The van der Waals surface area contributed by atoms with Crippen molar-refractivity contribution in [3.8, 4) is 5.75 Å². The fourth-order valence-corrected chi connectivity index (χ4v) is 1.54. The highest BCUT2D eigenvalue weighted by molar-refractivity contribution is 5.82. The van der Waals surface area contributed by atoms with Crippen molar-refractivity contribution in [1.82, 2.24) is 4.90 Å². The van der Waals surface area contributed by atoms with E-state index in [2.05, 4.69) is 4.90 Å². The first-order chi connectivity index (χ1) is 9.02. The van der Waals surface area contributed by atoms with Crippen molar-refractivity contribution in [2.24, 2.45) is 5.92 Å². The number of likely N-dealkylation sites (N-methyl/N-ethyl adjacent to an activating group) is 1. The normalized spacial score (nSPS) is 12.0. The van der Waals surface area contributed by atoms with Crippen LogP contribution in [0.4, 0.5) is 0 Å². The fourth-order valence-electron chi connectivity index (χ4n) is 1.54. The lowest BCUT2D eigenvalue weighted by Gasteiger charge is -2.11. The summed E-state index contributed by atoms with van der Waals surface area (Å²) in [4.78, 5) is 13.0. The van der Waals surface area contributed by atoms with Crippen LogP contribution in [0.1, 0.15) is 19.4 Å². The molecule has 104 valence electrons. The zero-order valence-corrected chi connectivity index (χ0v) is 12.2. The Kier molecular flexibility index (Phi) is 6.30. The van der Waals surface area contributed by atoms with Crippen LogP contribution in [-0.4, -0.2) is 38.4 Å². The van der Waals surface area contributed by atoms with Crippen molar-refractivity contribution in [2.45, 2.75) is 13.8 Å². The summed E-state index contributed by atoms with van der Waals surface area (Å²) in [5.74, 6) is 1.10. The van der Waals surface area contributed by atoms with Crippen LogP contribution < -0.4 is 4.74 Å². The lowest BCUT2D eigenvalue weighted by molar-refractivity contribution is -0.105. The van der Waals surface area contributed by atoms with Crippen LogP contribution in [0, 0.1) is 5.92 Å². The largest absolute Gasteiger partial charge is 0.492 e. The van der Waals surface area contributed by atoms with Crippen molar-refractivity contribution >= 4 is 12.4 Å². The topological polar surface area (TPSA) is 29.5 Å². The van der Waals surface area contributed by atoms with Crippen molar-refractivity contribution in [2.75, 3.05) is 27.2 Å². The summed E-state index contributed by atoms with van der Waals surface area (Å²) < 4.78 is 5.62. The Bertz CT molecular complexity index is 419. The zero-order valence-electron chi connectivity index (χ0n) is 12.2. The molecular formula is C16H23NO2. The van der Waals surface area contributed by atoms with Crippen LogP contribution in [-0.2, 0) is 4.79 Å². The molecule has 0 N–H and O–H groups in total. The Hall–Kier alpha value is -1.61. The number of benzene rings is 1. The summed E-state index contributed by atoms with van der Waals surface area (Å²) in [5, 5.41) is 0. The summed E-state index contributed by atoms with van der Waals surface area (Å²) >= 11 is 0. The minimum atomic E-state index is 0.244. The molecule has 0 aliphatic heterocycles. The Labute approximate surface area is 115 Å². The monoisotopic (exact) mass is 261 g/mol. The van der Waals surface area contributed by atoms with Gasteiger partial charge in [-0.15, -0.1) is 0 Å². The fraction of sp³-hybridized carbons (Fsp3) is 0.438. The third kappa shape index (κ3) is 5.71. The van der Waals surface area contributed by atoms with Crippen LogP contribution in [0.2, 0.25) is 0 Å². The molecule has 0 heterocycles. The molecule has 1 rings (SSSR count). The predicted octanol–water partition coefficient (Wildman–Crippen LogP) is 2.87. The smallest absolute Gasteiger partial charge is 0.146 e. The molecule has 3 heteroatoms. The quantitative estimate of drug-likeness (QED) is 0.558. The average molecular weight is 261 g/mol. The first kappa shape index (κ1) is 15.4. The van der Waals surface area contributed by atoms with E-state index in [-0.39, 0.29) is 5.92 Å². The Morgan fingerprint density at radius 3 is 2.37 bits per heavy atom. The van der Waals surface area contributed by atoms with Gasteiger partial charge in [-0.3, -0.25) is 4.79 Å². The molecule has 0 aromatic heterocycles. The minimum Gasteiger partial charge on any atom is -0.492 e. The second-order valence-electron chi connectivity index (χ2n) is 5.14. The molecule has 1 aromatic carbocycles. The van der Waals surface area contributed by atoms with Gasteiger partial charge < -0.3 is 9.64 Å². The zero-order chi connectivity index (χ0) is 14.3. The van der Waals surface area contributed by atoms with Gasteiger partial charge >= 0.3 is 0 Å². The molecule has 0 bridgehead atoms. The van der Waals surface area contributed by atoms with Gasteiger partial charge in [-0.25, -0.2) is 0 Å². The van der Waals surface area contributed by atoms with E-state index in [0.717, 1.165) is 29.7 Å². The summed E-state index contributed by atoms with van der Waals surface area (Å²) in [5.41, 5.74) is 1.83. The highest BCUT2D eigenvalue weighted by Gasteiger charge is 2.02. The van der Waals surface area contributed by atoms with Crippen LogP contribution >= 0.6 is 0 Å². The van der Waals surface area contributed by atoms with Gasteiger partial charge in [0.1, 0.15) is 18.6 Å². The molecular weight excluding hydrogens is 238 g/mol. The lowest BCUT2D eigenvalue weighted by Crippen LogP contribution is -2.19. The number of rotatable bonds is 7. The number of carbonyl (C=O) groups is 1. The van der Waals surface area contributed by atoms with E-state index in [1.807, 2.05) is 58.3 Å². The molecule has 0 fully saturated rings. The first-order valence-electron chi connectivity index (χ1n) is 6.57. The Balaban J connectivity index is 2.63. The van der Waals surface area contributed by atoms with Gasteiger partial charge in [0.05, 0.1) is 0 Å². The molecule has 3 nitrogen and oxygen atoms in total. The van der Waals surface area contributed by atoms with Crippen LogP contribution in [0.3, 0.4) is 0 Å². The molecule has 1 aromatic rings. The Morgan fingerprint density at radius 1 is 1.26 bits per heavy atom. The van der Waals surface area contributed by atoms with Crippen molar-refractivity contribution < 1.29 is 9.53 Å². The summed E-state index contributed by atoms with van der Waals surface area (Å²) in [6.45, 7) is 5.59. The van der Waals surface area contributed by atoms with E-state index in [1.165, 1.54) is 0 Å². The highest BCUT2D eigenvalue weighted by Crippen LogP contribution is 2.16. The van der Waals surface area contributed by atoms with E-state index in [0.29, 0.717) is 6.61 Å². The SMILES string of the molecule is CC(C)C(C=O)=Cc1ccc(OCCN(C)C)cc1. The standard InChI is InChI=1S/C16H23NO2/c1-13(2)15(12-18)11-14-5-7-16(8-6-14)19-10-9-17(3)4/h5-8,11-13H,9-10H2,1-4H3. The molecule has 0 unspecified atom stereocenters. The summed E-state index contributed by atoms with van der Waals surface area (Å²) in [7, 11) is 4.04. The maximum Gasteiger partial charge on any atom is 0.146 e. The van der Waals surface area contributed by atoms with E-state index in [9.17, 15) is 4.79 Å². The van der Waals surface area contributed by atoms with Gasteiger partial charge in [0.15, 0.2) is 0 Å². The van der Waals surface area contributed by atoms with Crippen molar-refractivity contribution in [1.29, 1.82) is 0 Å². The van der Waals surface area contributed by atoms with Crippen LogP contribution in [0.25, 0.3) is 6.08 Å². The average Bonchev–Trinajstić information content (AvgIpc) is 2.37. The number of ether oxygens (including phenoxy) is 1. The van der Waals surface area contributed by atoms with Crippen LogP contribution in [0.5, 0.6) is 5.75 Å². The summed E-state index contributed by atoms with van der Waals surface area (Å²) in [6.07, 6.45) is 2.84. The van der Waals surface area contributed by atoms with Gasteiger partial charge in [-0.2, -0.15) is 0 Å². The van der Waals surface area contributed by atoms with Gasteiger partial charge in [0.25, 0.3) is 0 Å². The molecule has 0 atom stereocenters. The van der Waals surface area contributed by atoms with E-state index >= 15 is 0 Å². The Morgan fingerprint density at radius 2 is 1.89 bits per heavy atom. The van der Waals surface area contributed by atoms with Gasteiger partial charge in [0.2, 0.25) is 0 Å². The number of nitrogens with zero attached hydrogens (tertiary/aromatic N) is 1. The minimum absolute atomic E-state index is 0.244. The molecule has 0 aliphatic rings. The number of hydrogen-bond donors (Lipinski definition) is 0. The van der Waals surface area contributed by atoms with Gasteiger partial charge in [-0.1, -0.05) is 26.0 Å². The molecule has 0 radical (unpaired) electrons. The molecule has 0 saturated heterocycles. The van der Waals surface area contributed by atoms with Gasteiger partial charge in [0, 0.05) is 6.54 Å². The molecule has 0 amide bonds. The second kappa shape index (κ2) is 7.74. The molecule has 0 aliphatic carbocycles. The maximum atomic E-state index is 10.9. The molecule has 19 heavy (non-hydrogen) atoms. The maximum absolute atomic E-state index is 10.9. The predicted molar refractivity (Wildman–Crippen MR) is 79.4 cm³/mol. The number of aldehydes is 1. The third-order valence-electron chi connectivity index (χ3n) is 2.82. The number of hydrogen-bond acceptors (Lipinski definition) is 3. The highest BCUT2D eigenvalue weighted by atomic mass is 16.5. The second-order valence-corrected chi connectivity index (χ2v) is 5.14. The van der Waals surface area contributed by atoms with E-state index in [1.54, 1.807) is 0 Å². The number of allylic oxidation sites excluding steroid dienone is 1. The number of carbonyl (C=O) groups excluding carboxylic acids is 1. The summed E-state index contributed by atoms with van der Waals surface area (Å²) in [6, 6.07) is 7.81. The van der Waals surface area contributed by atoms with Crippen LogP contribution in [0.15, 0.2) is 29.8 Å². The van der Waals surface area contributed by atoms with Crippen molar-refractivity contribution in [3.63, 3.8) is 0 Å². The third-order valence-corrected chi connectivity index (χ3v) is 2.82. The van der Waals surface area contributed by atoms with E-state index in [4.69, 9.17) is 4.74 Å². The molecule has 0 saturated carbocycles. The lowest BCUT2D eigenvalue weighted by atomic mass is 10.0. The van der Waals surface area contributed by atoms with E-state index < -0.39 is 0 Å². The first-order valence-corrected chi connectivity index (χ1v) is 6.57. The molecule has 0 spiro atoms.